The summed E-state index contributed by atoms with van der Waals surface area (Å²) < 4.78 is 16.7. The smallest absolute Gasteiger partial charge is 0.469 e. The Morgan fingerprint density at radius 1 is 1.04 bits per heavy atom. The number of benzene rings is 1. The largest absolute Gasteiger partial charge is 0.494 e. The van der Waals surface area contributed by atoms with E-state index in [-0.39, 0.29) is 24.3 Å². The highest BCUT2D eigenvalue weighted by Gasteiger charge is 2.51. The van der Waals surface area contributed by atoms with Crippen LogP contribution < -0.4 is 5.46 Å². The number of hydrogen-bond donors (Lipinski definition) is 0. The highest BCUT2D eigenvalue weighted by atomic mass is 16.7. The minimum absolute atomic E-state index is 0.138. The monoisotopic (exact) mass is 318 g/mol. The van der Waals surface area contributed by atoms with E-state index >= 15 is 0 Å². The molecule has 0 spiro atoms. The highest BCUT2D eigenvalue weighted by molar-refractivity contribution is 6.62. The van der Waals surface area contributed by atoms with E-state index in [4.69, 9.17) is 9.31 Å². The average molecular weight is 318 g/mol. The minimum atomic E-state index is -0.315. The molecule has 0 saturated carbocycles. The van der Waals surface area contributed by atoms with Gasteiger partial charge in [0.1, 0.15) is 0 Å². The lowest BCUT2D eigenvalue weighted by Crippen LogP contribution is -2.41. The number of esters is 1. The molecular formula is C18H27BO4. The molecular weight excluding hydrogens is 291 g/mol. The molecule has 0 atom stereocenters. The highest BCUT2D eigenvalue weighted by Crippen LogP contribution is 2.36. The van der Waals surface area contributed by atoms with E-state index in [0.717, 1.165) is 24.7 Å². The summed E-state index contributed by atoms with van der Waals surface area (Å²) in [7, 11) is 1.12. The zero-order valence-corrected chi connectivity index (χ0v) is 14.8. The van der Waals surface area contributed by atoms with Crippen LogP contribution in [0.4, 0.5) is 0 Å². The van der Waals surface area contributed by atoms with Crippen molar-refractivity contribution in [3.8, 4) is 0 Å². The van der Waals surface area contributed by atoms with Crippen LogP contribution in [0, 0.1) is 0 Å². The molecule has 0 aromatic heterocycles. The maximum atomic E-state index is 11.1. The molecule has 0 N–H and O–H groups in total. The number of unbranched alkanes of at least 4 members (excludes halogenated alkanes) is 1. The lowest BCUT2D eigenvalue weighted by atomic mass is 9.78. The van der Waals surface area contributed by atoms with Gasteiger partial charge in [-0.15, -0.1) is 0 Å². The summed E-state index contributed by atoms with van der Waals surface area (Å²) in [6.45, 7) is 8.23. The van der Waals surface area contributed by atoms with E-state index in [2.05, 4.69) is 56.7 Å². The van der Waals surface area contributed by atoms with Crippen molar-refractivity contribution in [1.82, 2.24) is 0 Å². The zero-order valence-electron chi connectivity index (χ0n) is 14.8. The summed E-state index contributed by atoms with van der Waals surface area (Å²) in [5.74, 6) is -0.138. The molecule has 0 amide bonds. The Morgan fingerprint density at radius 2 is 1.61 bits per heavy atom. The Balaban J connectivity index is 1.87. The van der Waals surface area contributed by atoms with Gasteiger partial charge in [-0.25, -0.2) is 0 Å². The normalized spacial score (nSPS) is 18.9. The summed E-state index contributed by atoms with van der Waals surface area (Å²) in [5.41, 5.74) is 1.67. The van der Waals surface area contributed by atoms with Crippen LogP contribution >= 0.6 is 0 Å². The Bertz CT molecular complexity index is 520. The summed E-state index contributed by atoms with van der Waals surface area (Å²) in [6, 6.07) is 8.35. The molecule has 1 aliphatic rings. The third kappa shape index (κ3) is 4.36. The van der Waals surface area contributed by atoms with Crippen molar-refractivity contribution < 1.29 is 18.8 Å². The second-order valence-corrected chi connectivity index (χ2v) is 7.11. The van der Waals surface area contributed by atoms with Gasteiger partial charge in [0.05, 0.1) is 18.3 Å². The minimum Gasteiger partial charge on any atom is -0.469 e. The molecule has 1 heterocycles. The molecule has 0 unspecified atom stereocenters. The fraction of sp³-hybridized carbons (Fsp3) is 0.611. The second-order valence-electron chi connectivity index (χ2n) is 7.11. The predicted octanol–water partition coefficient (Wildman–Crippen LogP) is 2.87. The van der Waals surface area contributed by atoms with Gasteiger partial charge in [-0.2, -0.15) is 0 Å². The Hall–Kier alpha value is -1.33. The fourth-order valence-corrected chi connectivity index (χ4v) is 2.52. The van der Waals surface area contributed by atoms with Gasteiger partial charge < -0.3 is 14.0 Å². The molecule has 0 aliphatic carbocycles. The van der Waals surface area contributed by atoms with Gasteiger partial charge in [-0.3, -0.25) is 4.79 Å². The number of methoxy groups -OCH3 is 1. The van der Waals surface area contributed by atoms with Crippen LogP contribution in [0.15, 0.2) is 24.3 Å². The molecule has 1 saturated heterocycles. The first-order valence-corrected chi connectivity index (χ1v) is 8.26. The number of carbonyl (C=O) groups excluding carboxylic acids is 1. The van der Waals surface area contributed by atoms with Gasteiger partial charge in [0, 0.05) is 6.42 Å². The lowest BCUT2D eigenvalue weighted by molar-refractivity contribution is -0.140. The van der Waals surface area contributed by atoms with Crippen LogP contribution in [0.25, 0.3) is 0 Å². The van der Waals surface area contributed by atoms with Crippen LogP contribution in [0.5, 0.6) is 0 Å². The summed E-state index contributed by atoms with van der Waals surface area (Å²) in [4.78, 5) is 11.1. The first-order chi connectivity index (χ1) is 10.7. The van der Waals surface area contributed by atoms with Gasteiger partial charge >= 0.3 is 13.1 Å². The third-order valence-corrected chi connectivity index (χ3v) is 4.83. The van der Waals surface area contributed by atoms with Gasteiger partial charge in [-0.1, -0.05) is 24.3 Å². The van der Waals surface area contributed by atoms with Crippen molar-refractivity contribution in [2.24, 2.45) is 0 Å². The van der Waals surface area contributed by atoms with Crippen molar-refractivity contribution in [1.29, 1.82) is 0 Å². The Morgan fingerprint density at radius 3 is 2.13 bits per heavy atom. The molecule has 126 valence electrons. The number of aryl methyl sites for hydroxylation is 1. The van der Waals surface area contributed by atoms with Gasteiger partial charge in [0.25, 0.3) is 0 Å². The summed E-state index contributed by atoms with van der Waals surface area (Å²) in [6.07, 6.45) is 3.28. The van der Waals surface area contributed by atoms with E-state index < -0.39 is 0 Å². The molecule has 1 aliphatic heterocycles. The number of carbonyl (C=O) groups is 1. The van der Waals surface area contributed by atoms with Crippen molar-refractivity contribution in [2.75, 3.05) is 7.11 Å². The first kappa shape index (κ1) is 18.0. The van der Waals surface area contributed by atoms with Gasteiger partial charge in [-0.05, 0) is 58.0 Å². The van der Waals surface area contributed by atoms with Crippen LogP contribution in [-0.2, 0) is 25.3 Å². The summed E-state index contributed by atoms with van der Waals surface area (Å²) >= 11 is 0. The van der Waals surface area contributed by atoms with E-state index in [0.29, 0.717) is 6.42 Å². The van der Waals surface area contributed by atoms with Gasteiger partial charge in [0.2, 0.25) is 0 Å². The van der Waals surface area contributed by atoms with Crippen molar-refractivity contribution in [2.45, 2.75) is 64.6 Å². The van der Waals surface area contributed by atoms with E-state index in [1.807, 2.05) is 0 Å². The van der Waals surface area contributed by atoms with Gasteiger partial charge in [0.15, 0.2) is 0 Å². The van der Waals surface area contributed by atoms with Crippen LogP contribution in [0.1, 0.15) is 52.5 Å². The molecule has 1 fully saturated rings. The Labute approximate surface area is 139 Å². The number of rotatable bonds is 6. The standard InChI is InChI=1S/C18H27BO4/c1-17(2)18(3,4)23-19(22-17)15-12-10-14(11-13-15)8-6-7-9-16(20)21-5/h10-13H,6-9H2,1-5H3. The van der Waals surface area contributed by atoms with Crippen LogP contribution in [0.2, 0.25) is 0 Å². The number of ether oxygens (including phenoxy) is 1. The van der Waals surface area contributed by atoms with Crippen molar-refractivity contribution in [3.63, 3.8) is 0 Å². The topological polar surface area (TPSA) is 44.8 Å². The lowest BCUT2D eigenvalue weighted by Gasteiger charge is -2.32. The maximum absolute atomic E-state index is 11.1. The first-order valence-electron chi connectivity index (χ1n) is 8.26. The van der Waals surface area contributed by atoms with E-state index in [1.165, 1.54) is 12.7 Å². The number of hydrogen-bond acceptors (Lipinski definition) is 4. The van der Waals surface area contributed by atoms with Crippen LogP contribution in [0.3, 0.4) is 0 Å². The molecule has 0 bridgehead atoms. The van der Waals surface area contributed by atoms with E-state index in [9.17, 15) is 4.79 Å². The SMILES string of the molecule is COC(=O)CCCCc1ccc(B2OC(C)(C)C(C)(C)O2)cc1. The molecule has 5 heteroatoms. The summed E-state index contributed by atoms with van der Waals surface area (Å²) in [5, 5.41) is 0. The van der Waals surface area contributed by atoms with Crippen molar-refractivity contribution >= 4 is 18.6 Å². The van der Waals surface area contributed by atoms with E-state index in [1.54, 1.807) is 0 Å². The molecule has 1 aromatic carbocycles. The molecule has 23 heavy (non-hydrogen) atoms. The quantitative estimate of drug-likeness (QED) is 0.460. The zero-order chi connectivity index (χ0) is 17.1. The van der Waals surface area contributed by atoms with Crippen molar-refractivity contribution in [3.05, 3.63) is 29.8 Å². The van der Waals surface area contributed by atoms with Crippen LogP contribution in [-0.4, -0.2) is 31.4 Å². The maximum Gasteiger partial charge on any atom is 0.494 e. The predicted molar refractivity (Wildman–Crippen MR) is 91.7 cm³/mol. The Kier molecular flexibility index (Phi) is 5.53. The fourth-order valence-electron chi connectivity index (χ4n) is 2.52. The molecule has 2 rings (SSSR count). The molecule has 0 radical (unpaired) electrons. The average Bonchev–Trinajstić information content (AvgIpc) is 2.72. The second kappa shape index (κ2) is 7.06. The molecule has 1 aromatic rings. The molecule has 4 nitrogen and oxygen atoms in total. The third-order valence-electron chi connectivity index (χ3n) is 4.83.